The molecule has 0 aromatic heterocycles. The van der Waals surface area contributed by atoms with Crippen molar-refractivity contribution >= 4 is 0 Å². The minimum absolute atomic E-state index is 0.177. The molecular formula is C34H37NO4. The molecule has 1 aliphatic rings. The third kappa shape index (κ3) is 8.33. The van der Waals surface area contributed by atoms with Crippen LogP contribution in [0.5, 0.6) is 0 Å². The SMILES string of the molecule is c1ccc(CNCC2O[C@H](COCc3ccccc3)[C@@H](OCc3ccccc3)[C@@H]2OCc2ccccc2)cc1. The molecule has 0 amide bonds. The molecule has 4 aromatic carbocycles. The van der Waals surface area contributed by atoms with Crippen LogP contribution in [0.3, 0.4) is 0 Å². The molecule has 1 aliphatic heterocycles. The average Bonchev–Trinajstić information content (AvgIpc) is 3.33. The fourth-order valence-corrected chi connectivity index (χ4v) is 4.86. The lowest BCUT2D eigenvalue weighted by molar-refractivity contribution is -0.0898. The second kappa shape index (κ2) is 14.7. The molecule has 5 heteroatoms. The molecule has 202 valence electrons. The molecule has 1 heterocycles. The highest BCUT2D eigenvalue weighted by molar-refractivity contribution is 5.16. The topological polar surface area (TPSA) is 49.0 Å². The fourth-order valence-electron chi connectivity index (χ4n) is 4.86. The number of hydrogen-bond donors (Lipinski definition) is 1. The van der Waals surface area contributed by atoms with Crippen molar-refractivity contribution in [1.29, 1.82) is 0 Å². The van der Waals surface area contributed by atoms with Crippen LogP contribution in [0.1, 0.15) is 22.3 Å². The monoisotopic (exact) mass is 523 g/mol. The Hall–Kier alpha value is -3.32. The Morgan fingerprint density at radius 1 is 0.513 bits per heavy atom. The van der Waals surface area contributed by atoms with E-state index >= 15 is 0 Å². The Bertz CT molecular complexity index is 1110. The molecule has 1 N–H and O–H groups in total. The highest BCUT2D eigenvalue weighted by atomic mass is 16.6. The Labute approximate surface area is 231 Å². The molecule has 1 fully saturated rings. The minimum Gasteiger partial charge on any atom is -0.374 e. The van der Waals surface area contributed by atoms with E-state index in [4.69, 9.17) is 18.9 Å². The van der Waals surface area contributed by atoms with Gasteiger partial charge in [-0.3, -0.25) is 0 Å². The fraction of sp³-hybridized carbons (Fsp3) is 0.294. The van der Waals surface area contributed by atoms with Crippen LogP contribution in [0.4, 0.5) is 0 Å². The van der Waals surface area contributed by atoms with E-state index in [0.29, 0.717) is 33.0 Å². The maximum atomic E-state index is 6.60. The molecule has 4 aromatic rings. The smallest absolute Gasteiger partial charge is 0.115 e. The highest BCUT2D eigenvalue weighted by Gasteiger charge is 2.46. The number of nitrogens with one attached hydrogen (secondary N) is 1. The molecule has 5 nitrogen and oxygen atoms in total. The van der Waals surface area contributed by atoms with Gasteiger partial charge < -0.3 is 24.3 Å². The molecule has 1 unspecified atom stereocenters. The van der Waals surface area contributed by atoms with E-state index in [1.165, 1.54) is 5.56 Å². The van der Waals surface area contributed by atoms with Crippen LogP contribution >= 0.6 is 0 Å². The maximum Gasteiger partial charge on any atom is 0.115 e. The van der Waals surface area contributed by atoms with Crippen molar-refractivity contribution in [1.82, 2.24) is 5.32 Å². The van der Waals surface area contributed by atoms with E-state index in [0.717, 1.165) is 23.2 Å². The van der Waals surface area contributed by atoms with Crippen LogP contribution in [0.2, 0.25) is 0 Å². The van der Waals surface area contributed by atoms with E-state index in [1.807, 2.05) is 60.7 Å². The van der Waals surface area contributed by atoms with Gasteiger partial charge in [0.2, 0.25) is 0 Å². The minimum atomic E-state index is -0.270. The summed E-state index contributed by atoms with van der Waals surface area (Å²) in [4.78, 5) is 0. The van der Waals surface area contributed by atoms with Gasteiger partial charge in [0.15, 0.2) is 0 Å². The maximum absolute atomic E-state index is 6.60. The van der Waals surface area contributed by atoms with Crippen molar-refractivity contribution in [3.05, 3.63) is 144 Å². The van der Waals surface area contributed by atoms with Crippen molar-refractivity contribution in [2.45, 2.75) is 50.8 Å². The molecule has 1 saturated heterocycles. The number of rotatable bonds is 14. The summed E-state index contributed by atoms with van der Waals surface area (Å²) in [5, 5.41) is 3.57. The zero-order valence-corrected chi connectivity index (χ0v) is 22.2. The lowest BCUT2D eigenvalue weighted by Crippen LogP contribution is -2.41. The number of ether oxygens (including phenoxy) is 4. The third-order valence-electron chi connectivity index (χ3n) is 6.89. The largest absolute Gasteiger partial charge is 0.374 e. The van der Waals surface area contributed by atoms with E-state index in [1.54, 1.807) is 0 Å². The normalized spacial score (nSPS) is 20.7. The average molecular weight is 524 g/mol. The predicted molar refractivity (Wildman–Crippen MR) is 153 cm³/mol. The summed E-state index contributed by atoms with van der Waals surface area (Å²) in [6.45, 7) is 3.34. The van der Waals surface area contributed by atoms with Crippen LogP contribution in [0.15, 0.2) is 121 Å². The Kier molecular flexibility index (Phi) is 10.3. The molecular weight excluding hydrogens is 486 g/mol. The van der Waals surface area contributed by atoms with E-state index in [9.17, 15) is 0 Å². The van der Waals surface area contributed by atoms with Crippen molar-refractivity contribution in [2.75, 3.05) is 13.2 Å². The summed E-state index contributed by atoms with van der Waals surface area (Å²) in [6.07, 6.45) is -0.944. The summed E-state index contributed by atoms with van der Waals surface area (Å²) < 4.78 is 25.8. The van der Waals surface area contributed by atoms with Gasteiger partial charge in [-0.1, -0.05) is 121 Å². The summed E-state index contributed by atoms with van der Waals surface area (Å²) in [6, 6.07) is 41.1. The molecule has 0 aliphatic carbocycles. The molecule has 39 heavy (non-hydrogen) atoms. The molecule has 0 radical (unpaired) electrons. The third-order valence-corrected chi connectivity index (χ3v) is 6.89. The van der Waals surface area contributed by atoms with Gasteiger partial charge in [0.1, 0.15) is 18.3 Å². The van der Waals surface area contributed by atoms with Crippen LogP contribution in [0.25, 0.3) is 0 Å². The Balaban J connectivity index is 1.29. The van der Waals surface area contributed by atoms with Crippen molar-refractivity contribution < 1.29 is 18.9 Å². The van der Waals surface area contributed by atoms with Gasteiger partial charge in [-0.15, -0.1) is 0 Å². The van der Waals surface area contributed by atoms with Gasteiger partial charge in [-0.2, -0.15) is 0 Å². The first kappa shape index (κ1) is 27.3. The molecule has 0 spiro atoms. The zero-order valence-electron chi connectivity index (χ0n) is 22.2. The van der Waals surface area contributed by atoms with Crippen LogP contribution < -0.4 is 5.32 Å². The number of hydrogen-bond acceptors (Lipinski definition) is 5. The van der Waals surface area contributed by atoms with Gasteiger partial charge >= 0.3 is 0 Å². The standard InChI is InChI=1S/C34H37NO4/c1-5-13-27(14-6-1)21-35-22-31-33(37-24-29-17-9-3-10-18-29)34(38-25-30-19-11-4-12-20-30)32(39-31)26-36-23-28-15-7-2-8-16-28/h1-20,31-35H,21-26H2/t31?,32-,33-,34-/m1/s1. The first-order valence-corrected chi connectivity index (χ1v) is 13.7. The number of benzene rings is 4. The van der Waals surface area contributed by atoms with E-state index in [2.05, 4.69) is 66.0 Å². The first-order chi connectivity index (χ1) is 19.3. The van der Waals surface area contributed by atoms with Gasteiger partial charge in [0, 0.05) is 13.1 Å². The van der Waals surface area contributed by atoms with Crippen molar-refractivity contribution in [2.24, 2.45) is 0 Å². The van der Waals surface area contributed by atoms with Gasteiger partial charge in [0.25, 0.3) is 0 Å². The summed E-state index contributed by atoms with van der Waals surface area (Å²) in [7, 11) is 0. The van der Waals surface area contributed by atoms with Gasteiger partial charge in [-0.05, 0) is 22.3 Å². The second-order valence-electron chi connectivity index (χ2n) is 9.85. The van der Waals surface area contributed by atoms with Crippen LogP contribution in [-0.2, 0) is 45.3 Å². The van der Waals surface area contributed by atoms with Crippen LogP contribution in [0, 0.1) is 0 Å². The summed E-state index contributed by atoms with van der Waals surface area (Å²) >= 11 is 0. The second-order valence-corrected chi connectivity index (χ2v) is 9.85. The highest BCUT2D eigenvalue weighted by Crippen LogP contribution is 2.29. The quantitative estimate of drug-likeness (QED) is 0.222. The molecule has 4 atom stereocenters. The van der Waals surface area contributed by atoms with Crippen LogP contribution in [-0.4, -0.2) is 37.6 Å². The lowest BCUT2D eigenvalue weighted by atomic mass is 10.1. The van der Waals surface area contributed by atoms with Crippen molar-refractivity contribution in [3.8, 4) is 0 Å². The Morgan fingerprint density at radius 2 is 0.949 bits per heavy atom. The van der Waals surface area contributed by atoms with Crippen molar-refractivity contribution in [3.63, 3.8) is 0 Å². The van der Waals surface area contributed by atoms with Gasteiger partial charge in [-0.25, -0.2) is 0 Å². The molecule has 0 saturated carbocycles. The van der Waals surface area contributed by atoms with Gasteiger partial charge in [0.05, 0.1) is 32.5 Å². The van der Waals surface area contributed by atoms with E-state index < -0.39 is 0 Å². The summed E-state index contributed by atoms with van der Waals surface area (Å²) in [5.74, 6) is 0. The summed E-state index contributed by atoms with van der Waals surface area (Å²) in [5.41, 5.74) is 4.61. The van der Waals surface area contributed by atoms with E-state index in [-0.39, 0.29) is 24.4 Å². The zero-order chi connectivity index (χ0) is 26.5. The molecule has 0 bridgehead atoms. The first-order valence-electron chi connectivity index (χ1n) is 13.7. The lowest BCUT2D eigenvalue weighted by Gasteiger charge is -2.25. The molecule has 5 rings (SSSR count). The Morgan fingerprint density at radius 3 is 1.46 bits per heavy atom. The predicted octanol–water partition coefficient (Wildman–Crippen LogP) is 5.93.